The van der Waals surface area contributed by atoms with E-state index in [0.717, 1.165) is 16.6 Å². The van der Waals surface area contributed by atoms with Crippen molar-refractivity contribution in [3.05, 3.63) is 16.8 Å². The molecule has 148 valence electrons. The molecule has 4 rings (SSSR count). The zero-order valence-electron chi connectivity index (χ0n) is 16.8. The third-order valence-corrected chi connectivity index (χ3v) is 6.32. The van der Waals surface area contributed by atoms with Gasteiger partial charge in [0.1, 0.15) is 17.3 Å². The molecule has 0 atom stereocenters. The summed E-state index contributed by atoms with van der Waals surface area (Å²) in [7, 11) is 0. The van der Waals surface area contributed by atoms with Gasteiger partial charge in [0.15, 0.2) is 0 Å². The van der Waals surface area contributed by atoms with E-state index >= 15 is 0 Å². The number of aliphatic hydroxyl groups is 1. The smallest absolute Gasteiger partial charge is 0.225 e. The summed E-state index contributed by atoms with van der Waals surface area (Å²) in [4.78, 5) is 11.5. The van der Waals surface area contributed by atoms with Gasteiger partial charge >= 0.3 is 0 Å². The summed E-state index contributed by atoms with van der Waals surface area (Å²) in [5, 5.41) is 9.27. The topological polar surface area (TPSA) is 55.2 Å². The molecule has 1 N–H and O–H groups in total. The van der Waals surface area contributed by atoms with E-state index in [-0.39, 0.29) is 6.10 Å². The Balaban J connectivity index is 0.000000389. The van der Waals surface area contributed by atoms with Gasteiger partial charge in [-0.1, -0.05) is 13.3 Å². The van der Waals surface area contributed by atoms with Crippen molar-refractivity contribution in [2.45, 2.75) is 84.3 Å². The lowest BCUT2D eigenvalue weighted by atomic mass is 9.86. The van der Waals surface area contributed by atoms with E-state index in [9.17, 15) is 0 Å². The molecule has 27 heavy (non-hydrogen) atoms. The fourth-order valence-corrected chi connectivity index (χ4v) is 5.02. The molecule has 1 saturated carbocycles. The molecule has 0 saturated heterocycles. The number of rotatable bonds is 3. The number of aromatic nitrogens is 2. The highest BCUT2D eigenvalue weighted by molar-refractivity contribution is 7.18. The van der Waals surface area contributed by atoms with Crippen LogP contribution < -0.4 is 4.74 Å². The van der Waals surface area contributed by atoms with Crippen molar-refractivity contribution in [3.8, 4) is 18.7 Å². The molecule has 2 heterocycles. The molecule has 4 nitrogen and oxygen atoms in total. The number of hydrogen-bond acceptors (Lipinski definition) is 5. The monoisotopic (exact) mass is 388 g/mol. The first-order valence-electron chi connectivity index (χ1n) is 10.0. The first-order valence-corrected chi connectivity index (χ1v) is 10.8. The van der Waals surface area contributed by atoms with Crippen molar-refractivity contribution < 1.29 is 9.84 Å². The lowest BCUT2D eigenvalue weighted by Crippen LogP contribution is -2.24. The lowest BCUT2D eigenvalue weighted by Gasteiger charge is -2.28. The van der Waals surface area contributed by atoms with E-state index in [1.807, 2.05) is 11.3 Å². The van der Waals surface area contributed by atoms with Gasteiger partial charge in [-0.25, -0.2) is 9.97 Å². The average molecular weight is 389 g/mol. The number of terminal acetylenes is 1. The second-order valence-corrected chi connectivity index (χ2v) is 8.56. The van der Waals surface area contributed by atoms with Crippen LogP contribution in [0.15, 0.2) is 6.33 Å². The summed E-state index contributed by atoms with van der Waals surface area (Å²) < 4.78 is 6.30. The highest BCUT2D eigenvalue weighted by Gasteiger charge is 2.25. The van der Waals surface area contributed by atoms with Gasteiger partial charge in [-0.2, -0.15) is 0 Å². The Morgan fingerprint density at radius 2 is 1.85 bits per heavy atom. The summed E-state index contributed by atoms with van der Waals surface area (Å²) >= 11 is 1.84. The normalized spacial score (nSPS) is 21.0. The highest BCUT2D eigenvalue weighted by Crippen LogP contribution is 2.40. The van der Waals surface area contributed by atoms with E-state index in [0.29, 0.717) is 6.10 Å². The average Bonchev–Trinajstić information content (AvgIpc) is 3.25. The number of fused-ring (bicyclic) bond motifs is 3. The molecule has 0 unspecified atom stereocenters. The van der Waals surface area contributed by atoms with E-state index in [1.54, 1.807) is 20.2 Å². The standard InChI is InChI=1S/C17H22N2OS.C3H8O.C2H2/c1-2-11-6-8-12(9-7-11)20-16-15-13-4-3-5-14(13)21-17(15)19-10-18-16;1-3(2)4;1-2/h10-12H,2-9H2,1H3;3-4H,1-2H3;1-2H. The summed E-state index contributed by atoms with van der Waals surface area (Å²) in [6, 6.07) is 0. The van der Waals surface area contributed by atoms with Crippen LogP contribution in [0.5, 0.6) is 5.88 Å². The van der Waals surface area contributed by atoms with Crippen LogP contribution in [0.4, 0.5) is 0 Å². The van der Waals surface area contributed by atoms with E-state index < -0.39 is 0 Å². The van der Waals surface area contributed by atoms with E-state index in [1.165, 1.54) is 67.2 Å². The van der Waals surface area contributed by atoms with Crippen LogP contribution in [0.2, 0.25) is 0 Å². The van der Waals surface area contributed by atoms with Gasteiger partial charge in [0.25, 0.3) is 0 Å². The first kappa shape index (κ1) is 21.7. The minimum absolute atomic E-state index is 0.167. The van der Waals surface area contributed by atoms with Crippen LogP contribution >= 0.6 is 11.3 Å². The number of hydrogen-bond donors (Lipinski definition) is 1. The fraction of sp³-hybridized carbons (Fsp3) is 0.636. The fourth-order valence-electron chi connectivity index (χ4n) is 3.80. The van der Waals surface area contributed by atoms with Crippen LogP contribution in [0.3, 0.4) is 0 Å². The molecule has 0 radical (unpaired) electrons. The van der Waals surface area contributed by atoms with Gasteiger partial charge in [0.2, 0.25) is 5.88 Å². The molecule has 2 aromatic rings. The largest absolute Gasteiger partial charge is 0.474 e. The zero-order valence-corrected chi connectivity index (χ0v) is 17.6. The Hall–Kier alpha value is -1.64. The van der Waals surface area contributed by atoms with Gasteiger partial charge in [-0.05, 0) is 70.3 Å². The van der Waals surface area contributed by atoms with Crippen LogP contribution in [-0.2, 0) is 12.8 Å². The SMILES string of the molecule is C#C.CC(C)O.CCC1CCC(Oc2ncnc3sc4c(c23)CCC4)CC1. The third-order valence-electron chi connectivity index (χ3n) is 5.12. The molecular formula is C22H32N2O2S. The Kier molecular flexibility index (Phi) is 8.53. The minimum atomic E-state index is -0.167. The van der Waals surface area contributed by atoms with Crippen molar-refractivity contribution in [2.24, 2.45) is 5.92 Å². The third kappa shape index (κ3) is 5.67. The second kappa shape index (κ2) is 10.6. The molecule has 0 amide bonds. The molecule has 0 aromatic carbocycles. The van der Waals surface area contributed by atoms with Crippen molar-refractivity contribution in [1.82, 2.24) is 9.97 Å². The Bertz CT molecular complexity index is 728. The second-order valence-electron chi connectivity index (χ2n) is 7.48. The van der Waals surface area contributed by atoms with E-state index in [2.05, 4.69) is 29.7 Å². The summed E-state index contributed by atoms with van der Waals surface area (Å²) in [6.45, 7) is 5.74. The van der Waals surface area contributed by atoms with Gasteiger partial charge < -0.3 is 9.84 Å². The number of aryl methyl sites for hydroxylation is 2. The maximum absolute atomic E-state index is 8.06. The maximum Gasteiger partial charge on any atom is 0.225 e. The van der Waals surface area contributed by atoms with Crippen molar-refractivity contribution in [2.75, 3.05) is 0 Å². The quantitative estimate of drug-likeness (QED) is 0.738. The first-order chi connectivity index (χ1) is 13.1. The van der Waals surface area contributed by atoms with E-state index in [4.69, 9.17) is 9.84 Å². The molecule has 2 aliphatic carbocycles. The molecule has 5 heteroatoms. The van der Waals surface area contributed by atoms with Crippen LogP contribution in [0.1, 0.15) is 69.7 Å². The van der Waals surface area contributed by atoms with Gasteiger partial charge in [-0.3, -0.25) is 0 Å². The number of nitrogens with zero attached hydrogens (tertiary/aromatic N) is 2. The Morgan fingerprint density at radius 3 is 2.48 bits per heavy atom. The molecule has 0 spiro atoms. The molecule has 0 bridgehead atoms. The molecular weight excluding hydrogens is 356 g/mol. The van der Waals surface area contributed by atoms with Gasteiger partial charge in [-0.15, -0.1) is 24.2 Å². The summed E-state index contributed by atoms with van der Waals surface area (Å²) in [5.41, 5.74) is 1.47. The summed E-state index contributed by atoms with van der Waals surface area (Å²) in [5.74, 6) is 1.75. The van der Waals surface area contributed by atoms with Crippen LogP contribution in [-0.4, -0.2) is 27.3 Å². The van der Waals surface area contributed by atoms with Crippen LogP contribution in [0, 0.1) is 18.8 Å². The van der Waals surface area contributed by atoms with Gasteiger partial charge in [0.05, 0.1) is 5.39 Å². The molecule has 2 aromatic heterocycles. The van der Waals surface area contributed by atoms with Crippen molar-refractivity contribution in [3.63, 3.8) is 0 Å². The lowest BCUT2D eigenvalue weighted by molar-refractivity contribution is 0.126. The van der Waals surface area contributed by atoms with Gasteiger partial charge in [0, 0.05) is 11.0 Å². The van der Waals surface area contributed by atoms with Crippen molar-refractivity contribution in [1.29, 1.82) is 0 Å². The van der Waals surface area contributed by atoms with Crippen LogP contribution in [0.25, 0.3) is 10.2 Å². The highest BCUT2D eigenvalue weighted by atomic mass is 32.1. The maximum atomic E-state index is 8.06. The number of thiophene rings is 1. The zero-order chi connectivity index (χ0) is 19.8. The molecule has 0 aliphatic heterocycles. The van der Waals surface area contributed by atoms with Crippen molar-refractivity contribution >= 4 is 21.6 Å². The minimum Gasteiger partial charge on any atom is -0.474 e. The predicted octanol–water partition coefficient (Wildman–Crippen LogP) is 5.16. The molecule has 2 aliphatic rings. The number of ether oxygens (including phenoxy) is 1. The Labute approximate surface area is 167 Å². The summed E-state index contributed by atoms with van der Waals surface area (Å²) in [6.07, 6.45) is 19.8. The Morgan fingerprint density at radius 1 is 1.19 bits per heavy atom. The predicted molar refractivity (Wildman–Crippen MR) is 113 cm³/mol. The molecule has 1 fully saturated rings. The number of aliphatic hydroxyl groups excluding tert-OH is 1.